The van der Waals surface area contributed by atoms with Gasteiger partial charge in [0.05, 0.1) is 11.5 Å². The fourth-order valence-electron chi connectivity index (χ4n) is 4.03. The summed E-state index contributed by atoms with van der Waals surface area (Å²) in [5.74, 6) is -0.230. The highest BCUT2D eigenvalue weighted by atomic mass is 32.2. The Hall–Kier alpha value is -3.79. The number of hydrogen-bond acceptors (Lipinski definition) is 7. The normalized spacial score (nSPS) is 16.7. The van der Waals surface area contributed by atoms with Crippen LogP contribution in [0.4, 0.5) is 10.5 Å². The molecule has 0 aromatic heterocycles. The molecular weight excluding hydrogens is 494 g/mol. The minimum Gasteiger partial charge on any atom is -0.490 e. The zero-order valence-corrected chi connectivity index (χ0v) is 21.4. The number of nitrogens with one attached hydrogen (secondary N) is 1. The average Bonchev–Trinajstić information content (AvgIpc) is 3.16. The van der Waals surface area contributed by atoms with Crippen LogP contribution in [-0.2, 0) is 14.4 Å². The number of imide groups is 1. The van der Waals surface area contributed by atoms with Crippen molar-refractivity contribution in [3.8, 4) is 11.5 Å². The van der Waals surface area contributed by atoms with E-state index in [1.165, 1.54) is 0 Å². The number of para-hydroxylation sites is 1. The smallest absolute Gasteiger partial charge is 0.294 e. The van der Waals surface area contributed by atoms with E-state index in [4.69, 9.17) is 9.47 Å². The second kappa shape index (κ2) is 12.4. The molecule has 2 fully saturated rings. The summed E-state index contributed by atoms with van der Waals surface area (Å²) in [6.07, 6.45) is 4.55. The van der Waals surface area contributed by atoms with E-state index >= 15 is 0 Å². The number of ether oxygens (including phenoxy) is 2. The molecule has 0 saturated carbocycles. The number of piperidine rings is 1. The van der Waals surface area contributed by atoms with E-state index in [2.05, 4.69) is 5.32 Å². The number of rotatable bonds is 9. The van der Waals surface area contributed by atoms with Crippen molar-refractivity contribution in [1.82, 2.24) is 9.80 Å². The molecule has 194 valence electrons. The summed E-state index contributed by atoms with van der Waals surface area (Å²) in [6.45, 7) is 3.05. The number of thioether (sulfide) groups is 1. The number of likely N-dealkylation sites (tertiary alicyclic amines) is 1. The van der Waals surface area contributed by atoms with Crippen molar-refractivity contribution in [2.24, 2.45) is 0 Å². The van der Waals surface area contributed by atoms with Gasteiger partial charge in [-0.3, -0.25) is 24.1 Å². The Kier molecular flexibility index (Phi) is 8.84. The van der Waals surface area contributed by atoms with Gasteiger partial charge < -0.3 is 19.7 Å². The number of amides is 4. The number of nitrogens with zero attached hydrogens (tertiary/aromatic N) is 2. The summed E-state index contributed by atoms with van der Waals surface area (Å²) in [5, 5.41) is 2.29. The quantitative estimate of drug-likeness (QED) is 0.492. The van der Waals surface area contributed by atoms with Gasteiger partial charge in [-0.05, 0) is 73.9 Å². The first kappa shape index (κ1) is 26.3. The van der Waals surface area contributed by atoms with E-state index in [0.29, 0.717) is 42.4 Å². The Balaban J connectivity index is 1.41. The van der Waals surface area contributed by atoms with Gasteiger partial charge in [0, 0.05) is 18.8 Å². The van der Waals surface area contributed by atoms with Crippen LogP contribution in [0, 0.1) is 0 Å². The van der Waals surface area contributed by atoms with Gasteiger partial charge >= 0.3 is 0 Å². The SMILES string of the molecule is CCOc1cc(/C=C2\SC(=O)N(CC(=O)N3CCCCC3)C2=O)ccc1OCC(=O)Nc1ccccc1. The van der Waals surface area contributed by atoms with E-state index in [-0.39, 0.29) is 29.9 Å². The van der Waals surface area contributed by atoms with E-state index in [0.717, 1.165) is 35.9 Å². The van der Waals surface area contributed by atoms with Crippen molar-refractivity contribution in [2.45, 2.75) is 26.2 Å². The van der Waals surface area contributed by atoms with E-state index < -0.39 is 11.1 Å². The van der Waals surface area contributed by atoms with Crippen LogP contribution in [0.5, 0.6) is 11.5 Å². The fourth-order valence-corrected chi connectivity index (χ4v) is 4.87. The van der Waals surface area contributed by atoms with Crippen LogP contribution in [0.15, 0.2) is 53.4 Å². The van der Waals surface area contributed by atoms with E-state index in [1.807, 2.05) is 25.1 Å². The fraction of sp³-hybridized carbons (Fsp3) is 0.333. The second-order valence-corrected chi connectivity index (χ2v) is 9.54. The Morgan fingerprint density at radius 1 is 1.00 bits per heavy atom. The molecule has 2 aliphatic rings. The molecule has 2 aromatic carbocycles. The summed E-state index contributed by atoms with van der Waals surface area (Å²) in [7, 11) is 0. The average molecular weight is 524 g/mol. The third-order valence-corrected chi connectivity index (χ3v) is 6.76. The van der Waals surface area contributed by atoms with Crippen molar-refractivity contribution in [3.63, 3.8) is 0 Å². The van der Waals surface area contributed by atoms with Gasteiger partial charge in [0.15, 0.2) is 18.1 Å². The van der Waals surface area contributed by atoms with Gasteiger partial charge in [-0.2, -0.15) is 0 Å². The first-order chi connectivity index (χ1) is 17.9. The Morgan fingerprint density at radius 3 is 2.49 bits per heavy atom. The molecule has 0 spiro atoms. The standard InChI is InChI=1S/C27H29N3O6S/c1-2-35-22-15-19(11-12-21(22)36-18-24(31)28-20-9-5-3-6-10-20)16-23-26(33)30(27(34)37-23)17-25(32)29-13-7-4-8-14-29/h3,5-6,9-12,15-16H,2,4,7-8,13-14,17-18H2,1H3,(H,28,31)/b23-16-. The van der Waals surface area contributed by atoms with Crippen LogP contribution in [0.1, 0.15) is 31.7 Å². The molecule has 2 saturated heterocycles. The van der Waals surface area contributed by atoms with Gasteiger partial charge in [-0.1, -0.05) is 24.3 Å². The monoisotopic (exact) mass is 523 g/mol. The Morgan fingerprint density at radius 2 is 1.76 bits per heavy atom. The largest absolute Gasteiger partial charge is 0.490 e. The molecule has 0 unspecified atom stereocenters. The Bertz CT molecular complexity index is 1190. The molecule has 10 heteroatoms. The molecule has 1 N–H and O–H groups in total. The summed E-state index contributed by atoms with van der Waals surface area (Å²) >= 11 is 0.807. The lowest BCUT2D eigenvalue weighted by Gasteiger charge is -2.27. The summed E-state index contributed by atoms with van der Waals surface area (Å²) < 4.78 is 11.3. The molecule has 2 heterocycles. The molecule has 2 aliphatic heterocycles. The van der Waals surface area contributed by atoms with Crippen molar-refractivity contribution in [3.05, 3.63) is 59.0 Å². The Labute approximate surface area is 219 Å². The first-order valence-electron chi connectivity index (χ1n) is 12.2. The molecule has 0 atom stereocenters. The third-order valence-electron chi connectivity index (χ3n) is 5.86. The van der Waals surface area contributed by atoms with Crippen LogP contribution in [0.2, 0.25) is 0 Å². The molecular formula is C27H29N3O6S. The van der Waals surface area contributed by atoms with Gasteiger partial charge in [0.1, 0.15) is 6.54 Å². The van der Waals surface area contributed by atoms with Gasteiger partial charge in [0.25, 0.3) is 17.1 Å². The summed E-state index contributed by atoms with van der Waals surface area (Å²) in [6, 6.07) is 14.1. The number of carbonyl (C=O) groups excluding carboxylic acids is 4. The lowest BCUT2D eigenvalue weighted by Crippen LogP contribution is -2.44. The lowest BCUT2D eigenvalue weighted by molar-refractivity contribution is -0.136. The topological polar surface area (TPSA) is 105 Å². The van der Waals surface area contributed by atoms with Crippen LogP contribution < -0.4 is 14.8 Å². The molecule has 9 nitrogen and oxygen atoms in total. The van der Waals surface area contributed by atoms with Gasteiger partial charge in [-0.15, -0.1) is 0 Å². The van der Waals surface area contributed by atoms with E-state index in [1.54, 1.807) is 41.3 Å². The maximum absolute atomic E-state index is 12.9. The third kappa shape index (κ3) is 6.91. The van der Waals surface area contributed by atoms with E-state index in [9.17, 15) is 19.2 Å². The van der Waals surface area contributed by atoms with Crippen molar-refractivity contribution in [1.29, 1.82) is 0 Å². The van der Waals surface area contributed by atoms with Crippen LogP contribution >= 0.6 is 11.8 Å². The first-order valence-corrected chi connectivity index (χ1v) is 13.0. The molecule has 0 aliphatic carbocycles. The molecule has 4 rings (SSSR count). The van der Waals surface area contributed by atoms with Crippen LogP contribution in [-0.4, -0.2) is 65.6 Å². The highest BCUT2D eigenvalue weighted by Gasteiger charge is 2.37. The summed E-state index contributed by atoms with van der Waals surface area (Å²) in [4.78, 5) is 53.1. The number of hydrogen-bond donors (Lipinski definition) is 1. The minimum atomic E-state index is -0.490. The molecule has 37 heavy (non-hydrogen) atoms. The molecule has 0 bridgehead atoms. The van der Waals surface area contributed by atoms with Crippen LogP contribution in [0.3, 0.4) is 0 Å². The number of anilines is 1. The predicted molar refractivity (Wildman–Crippen MR) is 141 cm³/mol. The molecule has 0 radical (unpaired) electrons. The second-order valence-electron chi connectivity index (χ2n) is 8.55. The molecule has 4 amide bonds. The minimum absolute atomic E-state index is 0.209. The predicted octanol–water partition coefficient (Wildman–Crippen LogP) is 4.15. The van der Waals surface area contributed by atoms with Crippen molar-refractivity contribution >= 4 is 46.5 Å². The van der Waals surface area contributed by atoms with Gasteiger partial charge in [-0.25, -0.2) is 0 Å². The van der Waals surface area contributed by atoms with Crippen molar-refractivity contribution in [2.75, 3.05) is 38.2 Å². The number of carbonyl (C=O) groups is 4. The zero-order valence-electron chi connectivity index (χ0n) is 20.6. The van der Waals surface area contributed by atoms with Crippen molar-refractivity contribution < 1.29 is 28.7 Å². The summed E-state index contributed by atoms with van der Waals surface area (Å²) in [5.41, 5.74) is 1.29. The zero-order chi connectivity index (χ0) is 26.2. The maximum atomic E-state index is 12.9. The highest BCUT2D eigenvalue weighted by Crippen LogP contribution is 2.35. The maximum Gasteiger partial charge on any atom is 0.294 e. The molecule has 2 aromatic rings. The highest BCUT2D eigenvalue weighted by molar-refractivity contribution is 8.18. The van der Waals surface area contributed by atoms with Crippen LogP contribution in [0.25, 0.3) is 6.08 Å². The lowest BCUT2D eigenvalue weighted by atomic mass is 10.1. The number of benzene rings is 2. The van der Waals surface area contributed by atoms with Gasteiger partial charge in [0.2, 0.25) is 5.91 Å².